The molecule has 0 aromatic heterocycles. The molecule has 0 atom stereocenters. The number of primary sulfonamides is 1. The van der Waals surface area contributed by atoms with E-state index in [-0.39, 0.29) is 10.8 Å². The van der Waals surface area contributed by atoms with Crippen molar-refractivity contribution >= 4 is 15.9 Å². The van der Waals surface area contributed by atoms with Crippen molar-refractivity contribution in [1.29, 1.82) is 0 Å². The van der Waals surface area contributed by atoms with E-state index >= 15 is 0 Å². The van der Waals surface area contributed by atoms with Gasteiger partial charge in [-0.25, -0.2) is 13.6 Å². The number of carbonyl (C=O) groups excluding carboxylic acids is 1. The molecule has 20 heavy (non-hydrogen) atoms. The van der Waals surface area contributed by atoms with E-state index < -0.39 is 10.0 Å². The second-order valence-electron chi connectivity index (χ2n) is 5.47. The van der Waals surface area contributed by atoms with Gasteiger partial charge in [-0.05, 0) is 43.4 Å². The molecule has 1 aromatic carbocycles. The molecule has 0 aliphatic heterocycles. The predicted octanol–water partition coefficient (Wildman–Crippen LogP) is 1.48. The summed E-state index contributed by atoms with van der Waals surface area (Å²) in [5, 5.41) is 8.00. The van der Waals surface area contributed by atoms with Gasteiger partial charge in [0.05, 0.1) is 4.90 Å². The Morgan fingerprint density at radius 2 is 1.95 bits per heavy atom. The molecule has 6 heteroatoms. The Balaban J connectivity index is 2.19. The molecule has 1 amide bonds. The summed E-state index contributed by atoms with van der Waals surface area (Å²) in [7, 11) is -3.81. The summed E-state index contributed by atoms with van der Waals surface area (Å²) in [6, 6.07) is 3.04. The van der Waals surface area contributed by atoms with Crippen molar-refractivity contribution in [3.8, 4) is 0 Å². The SMILES string of the molecule is Cc1cc(C)c(S(N)(=O)=O)cc1C(=O)NCCC1CC1. The molecule has 0 radical (unpaired) electrons. The van der Waals surface area contributed by atoms with E-state index in [4.69, 9.17) is 5.14 Å². The summed E-state index contributed by atoms with van der Waals surface area (Å²) in [5.74, 6) is 0.502. The lowest BCUT2D eigenvalue weighted by Crippen LogP contribution is -2.26. The molecule has 0 spiro atoms. The number of nitrogens with one attached hydrogen (secondary N) is 1. The summed E-state index contributed by atoms with van der Waals surface area (Å²) in [6.07, 6.45) is 3.47. The van der Waals surface area contributed by atoms with Crippen LogP contribution in [0.1, 0.15) is 40.7 Å². The molecule has 1 fully saturated rings. The van der Waals surface area contributed by atoms with Crippen molar-refractivity contribution in [2.45, 2.75) is 38.0 Å². The molecule has 1 saturated carbocycles. The van der Waals surface area contributed by atoms with Crippen LogP contribution in [0.3, 0.4) is 0 Å². The van der Waals surface area contributed by atoms with Crippen LogP contribution in [0.15, 0.2) is 17.0 Å². The second kappa shape index (κ2) is 5.54. The van der Waals surface area contributed by atoms with Crippen LogP contribution in [-0.4, -0.2) is 20.9 Å². The third-order valence-electron chi connectivity index (χ3n) is 3.61. The standard InChI is InChI=1S/C14H20N2O3S/c1-9-7-10(2)13(20(15,18)19)8-12(9)14(17)16-6-5-11-3-4-11/h7-8,11H,3-6H2,1-2H3,(H,16,17)(H2,15,18,19). The van der Waals surface area contributed by atoms with Crippen molar-refractivity contribution in [3.05, 3.63) is 28.8 Å². The Hall–Kier alpha value is -1.40. The van der Waals surface area contributed by atoms with Crippen LogP contribution < -0.4 is 10.5 Å². The lowest BCUT2D eigenvalue weighted by molar-refractivity contribution is 0.0952. The lowest BCUT2D eigenvalue weighted by Gasteiger charge is -2.11. The van der Waals surface area contributed by atoms with E-state index in [0.717, 1.165) is 17.9 Å². The Bertz CT molecular complexity index is 634. The Morgan fingerprint density at radius 1 is 1.30 bits per heavy atom. The second-order valence-corrected chi connectivity index (χ2v) is 7.00. The summed E-state index contributed by atoms with van der Waals surface area (Å²) in [6.45, 7) is 4.08. The van der Waals surface area contributed by atoms with Crippen LogP contribution in [0.5, 0.6) is 0 Å². The predicted molar refractivity (Wildman–Crippen MR) is 77.0 cm³/mol. The van der Waals surface area contributed by atoms with Gasteiger partial charge in [0.25, 0.3) is 5.91 Å². The van der Waals surface area contributed by atoms with E-state index in [2.05, 4.69) is 5.32 Å². The molecular formula is C14H20N2O3S. The van der Waals surface area contributed by atoms with Crippen molar-refractivity contribution in [2.24, 2.45) is 11.1 Å². The van der Waals surface area contributed by atoms with Crippen LogP contribution in [0.25, 0.3) is 0 Å². The van der Waals surface area contributed by atoms with Crippen molar-refractivity contribution in [3.63, 3.8) is 0 Å². The zero-order valence-corrected chi connectivity index (χ0v) is 12.6. The van der Waals surface area contributed by atoms with Crippen LogP contribution in [0.4, 0.5) is 0 Å². The van der Waals surface area contributed by atoms with Gasteiger partial charge >= 0.3 is 0 Å². The smallest absolute Gasteiger partial charge is 0.251 e. The first kappa shape index (κ1) is 15.0. The minimum Gasteiger partial charge on any atom is -0.352 e. The number of rotatable bonds is 5. The number of sulfonamides is 1. The molecule has 5 nitrogen and oxygen atoms in total. The molecule has 3 N–H and O–H groups in total. The molecular weight excluding hydrogens is 276 g/mol. The lowest BCUT2D eigenvalue weighted by atomic mass is 10.0. The first-order valence-corrected chi connectivity index (χ1v) is 8.26. The third kappa shape index (κ3) is 3.58. The zero-order valence-electron chi connectivity index (χ0n) is 11.8. The van der Waals surface area contributed by atoms with Gasteiger partial charge in [-0.15, -0.1) is 0 Å². The van der Waals surface area contributed by atoms with E-state index in [9.17, 15) is 13.2 Å². The fraction of sp³-hybridized carbons (Fsp3) is 0.500. The molecule has 0 unspecified atom stereocenters. The van der Waals surface area contributed by atoms with Gasteiger partial charge in [0, 0.05) is 12.1 Å². The summed E-state index contributed by atoms with van der Waals surface area (Å²) in [4.78, 5) is 12.1. The minimum absolute atomic E-state index is 0.00967. The van der Waals surface area contributed by atoms with Gasteiger partial charge < -0.3 is 5.32 Å². The maximum absolute atomic E-state index is 12.1. The highest BCUT2D eigenvalue weighted by Crippen LogP contribution is 2.31. The number of nitrogens with two attached hydrogens (primary N) is 1. The maximum atomic E-state index is 12.1. The van der Waals surface area contributed by atoms with Crippen LogP contribution in [0, 0.1) is 19.8 Å². The average molecular weight is 296 g/mol. The van der Waals surface area contributed by atoms with Crippen LogP contribution in [0.2, 0.25) is 0 Å². The number of aryl methyl sites for hydroxylation is 2. The highest BCUT2D eigenvalue weighted by molar-refractivity contribution is 7.89. The van der Waals surface area contributed by atoms with Gasteiger partial charge in [-0.3, -0.25) is 4.79 Å². The Labute approximate surface area is 119 Å². The number of benzene rings is 1. The van der Waals surface area contributed by atoms with Gasteiger partial charge in [-0.2, -0.15) is 0 Å². The molecule has 2 rings (SSSR count). The number of hydrogen-bond acceptors (Lipinski definition) is 3. The molecule has 110 valence electrons. The quantitative estimate of drug-likeness (QED) is 0.862. The van der Waals surface area contributed by atoms with Gasteiger partial charge in [-0.1, -0.05) is 18.9 Å². The number of hydrogen-bond donors (Lipinski definition) is 2. The normalized spacial score (nSPS) is 15.2. The minimum atomic E-state index is -3.81. The largest absolute Gasteiger partial charge is 0.352 e. The molecule has 1 aromatic rings. The van der Waals surface area contributed by atoms with E-state index in [1.165, 1.54) is 18.9 Å². The summed E-state index contributed by atoms with van der Waals surface area (Å²) >= 11 is 0. The zero-order chi connectivity index (χ0) is 14.9. The Morgan fingerprint density at radius 3 is 2.50 bits per heavy atom. The maximum Gasteiger partial charge on any atom is 0.251 e. The van der Waals surface area contributed by atoms with E-state index in [1.54, 1.807) is 19.9 Å². The topological polar surface area (TPSA) is 89.3 Å². The molecule has 0 saturated heterocycles. The summed E-state index contributed by atoms with van der Waals surface area (Å²) < 4.78 is 23.0. The van der Waals surface area contributed by atoms with Crippen molar-refractivity contribution in [2.75, 3.05) is 6.54 Å². The van der Waals surface area contributed by atoms with Gasteiger partial charge in [0.2, 0.25) is 10.0 Å². The third-order valence-corrected chi connectivity index (χ3v) is 4.66. The Kier molecular flexibility index (Phi) is 4.15. The fourth-order valence-electron chi connectivity index (χ4n) is 2.28. The first-order chi connectivity index (χ1) is 9.29. The van der Waals surface area contributed by atoms with E-state index in [1.807, 2.05) is 0 Å². The van der Waals surface area contributed by atoms with Gasteiger partial charge in [0.15, 0.2) is 0 Å². The molecule has 0 heterocycles. The van der Waals surface area contributed by atoms with Gasteiger partial charge in [0.1, 0.15) is 0 Å². The average Bonchev–Trinajstić information content (AvgIpc) is 3.11. The van der Waals surface area contributed by atoms with Crippen LogP contribution in [-0.2, 0) is 10.0 Å². The molecule has 1 aliphatic rings. The fourth-order valence-corrected chi connectivity index (χ4v) is 3.06. The number of carbonyl (C=O) groups is 1. The monoisotopic (exact) mass is 296 g/mol. The van der Waals surface area contributed by atoms with E-state index in [0.29, 0.717) is 17.7 Å². The number of amides is 1. The first-order valence-electron chi connectivity index (χ1n) is 6.71. The molecule has 1 aliphatic carbocycles. The molecule has 0 bridgehead atoms. The van der Waals surface area contributed by atoms with Crippen molar-refractivity contribution in [1.82, 2.24) is 5.32 Å². The van der Waals surface area contributed by atoms with Crippen molar-refractivity contribution < 1.29 is 13.2 Å². The highest BCUT2D eigenvalue weighted by atomic mass is 32.2. The summed E-state index contributed by atoms with van der Waals surface area (Å²) in [5.41, 5.74) is 1.67. The van der Waals surface area contributed by atoms with Crippen LogP contribution >= 0.6 is 0 Å². The highest BCUT2D eigenvalue weighted by Gasteiger charge is 2.21.